The fraction of sp³-hybridized carbons (Fsp3) is 0.263. The molecule has 0 aliphatic heterocycles. The number of hydrogen-bond donors (Lipinski definition) is 1. The van der Waals surface area contributed by atoms with E-state index >= 15 is 0 Å². The summed E-state index contributed by atoms with van der Waals surface area (Å²) >= 11 is -1.82. The molecule has 134 valence electrons. The molecule has 0 radical (unpaired) electrons. The first-order valence-electron chi connectivity index (χ1n) is 8.30. The summed E-state index contributed by atoms with van der Waals surface area (Å²) < 4.78 is 21.5. The second kappa shape index (κ2) is 6.34. The number of aromatic nitrogens is 2. The van der Waals surface area contributed by atoms with E-state index in [1.54, 1.807) is 12.1 Å². The Balaban J connectivity index is 1.57. The zero-order chi connectivity index (χ0) is 18.3. The standard InChI is InChI=1S/C19H19N3O3S/c1-19(2)15(12-8-10-14(11-9-12)25-26(20)23)16(19)18-21-17(22-24-18)13-6-4-3-5-7-13/h3-11,15-16H,20H2,1-2H3. The van der Waals surface area contributed by atoms with Crippen molar-refractivity contribution in [1.82, 2.24) is 10.1 Å². The minimum Gasteiger partial charge on any atom is -0.389 e. The second-order valence-corrected chi connectivity index (χ2v) is 7.70. The van der Waals surface area contributed by atoms with Crippen LogP contribution < -0.4 is 9.32 Å². The zero-order valence-electron chi connectivity index (χ0n) is 14.5. The molecule has 1 aliphatic rings. The molecule has 7 heteroatoms. The molecule has 1 saturated carbocycles. The monoisotopic (exact) mass is 369 g/mol. The topological polar surface area (TPSA) is 91.2 Å². The summed E-state index contributed by atoms with van der Waals surface area (Å²) in [6, 6.07) is 17.3. The van der Waals surface area contributed by atoms with Gasteiger partial charge in [0.05, 0.1) is 5.92 Å². The maximum atomic E-state index is 10.9. The highest BCUT2D eigenvalue weighted by atomic mass is 32.2. The molecule has 26 heavy (non-hydrogen) atoms. The Morgan fingerprint density at radius 1 is 1.08 bits per heavy atom. The van der Waals surface area contributed by atoms with Crippen molar-refractivity contribution in [3.05, 3.63) is 66.1 Å². The van der Waals surface area contributed by atoms with Crippen molar-refractivity contribution >= 4 is 11.3 Å². The highest BCUT2D eigenvalue weighted by molar-refractivity contribution is 7.78. The quantitative estimate of drug-likeness (QED) is 0.742. The van der Waals surface area contributed by atoms with Gasteiger partial charge in [-0.3, -0.25) is 0 Å². The zero-order valence-corrected chi connectivity index (χ0v) is 15.3. The van der Waals surface area contributed by atoms with Crippen LogP contribution in [0.25, 0.3) is 11.4 Å². The third kappa shape index (κ3) is 3.04. The smallest absolute Gasteiger partial charge is 0.285 e. The molecule has 0 bridgehead atoms. The van der Waals surface area contributed by atoms with Crippen molar-refractivity contribution in [2.75, 3.05) is 0 Å². The summed E-state index contributed by atoms with van der Waals surface area (Å²) in [4.78, 5) is 4.61. The molecule has 4 rings (SSSR count). The van der Waals surface area contributed by atoms with E-state index in [0.29, 0.717) is 17.5 Å². The lowest BCUT2D eigenvalue weighted by Crippen LogP contribution is -2.09. The van der Waals surface area contributed by atoms with Gasteiger partial charge in [0.15, 0.2) is 0 Å². The number of rotatable bonds is 5. The summed E-state index contributed by atoms with van der Waals surface area (Å²) in [7, 11) is 0. The van der Waals surface area contributed by atoms with Crippen LogP contribution in [-0.2, 0) is 11.3 Å². The van der Waals surface area contributed by atoms with Crippen LogP contribution in [0.3, 0.4) is 0 Å². The van der Waals surface area contributed by atoms with E-state index in [0.717, 1.165) is 11.1 Å². The molecule has 3 unspecified atom stereocenters. The van der Waals surface area contributed by atoms with Crippen LogP contribution in [0.4, 0.5) is 0 Å². The van der Waals surface area contributed by atoms with Crippen molar-refractivity contribution in [3.8, 4) is 17.1 Å². The minimum atomic E-state index is -1.82. The van der Waals surface area contributed by atoms with Gasteiger partial charge < -0.3 is 8.71 Å². The minimum absolute atomic E-state index is 0.0134. The Hall–Kier alpha value is -2.51. The Labute approximate surface area is 154 Å². The van der Waals surface area contributed by atoms with Gasteiger partial charge in [-0.2, -0.15) is 9.19 Å². The molecule has 0 saturated heterocycles. The number of benzene rings is 2. The molecule has 1 aromatic heterocycles. The first-order valence-corrected chi connectivity index (χ1v) is 9.44. The van der Waals surface area contributed by atoms with Crippen molar-refractivity contribution in [2.45, 2.75) is 25.7 Å². The highest BCUT2D eigenvalue weighted by Gasteiger charge is 2.61. The lowest BCUT2D eigenvalue weighted by molar-refractivity contribution is 0.368. The summed E-state index contributed by atoms with van der Waals surface area (Å²) in [5.74, 6) is 2.17. The van der Waals surface area contributed by atoms with Gasteiger partial charge in [0.2, 0.25) is 11.7 Å². The summed E-state index contributed by atoms with van der Waals surface area (Å²) in [6.45, 7) is 4.38. The molecule has 1 aliphatic carbocycles. The van der Waals surface area contributed by atoms with Crippen molar-refractivity contribution in [2.24, 2.45) is 10.6 Å². The van der Waals surface area contributed by atoms with E-state index in [-0.39, 0.29) is 17.3 Å². The number of nitrogens with zero attached hydrogens (tertiary/aromatic N) is 2. The maximum Gasteiger partial charge on any atom is 0.285 e. The maximum absolute atomic E-state index is 10.9. The van der Waals surface area contributed by atoms with Crippen LogP contribution in [0.15, 0.2) is 59.1 Å². The molecule has 2 aromatic carbocycles. The molecule has 6 nitrogen and oxygen atoms in total. The van der Waals surface area contributed by atoms with Crippen LogP contribution in [0.2, 0.25) is 0 Å². The lowest BCUT2D eigenvalue weighted by Gasteiger charge is -2.04. The Morgan fingerprint density at radius 3 is 2.42 bits per heavy atom. The molecule has 0 spiro atoms. The largest absolute Gasteiger partial charge is 0.389 e. The van der Waals surface area contributed by atoms with Crippen LogP contribution >= 0.6 is 0 Å². The van der Waals surface area contributed by atoms with E-state index in [2.05, 4.69) is 24.0 Å². The molecule has 3 aromatic rings. The number of hydrogen-bond acceptors (Lipinski definition) is 5. The van der Waals surface area contributed by atoms with Crippen molar-refractivity contribution in [1.29, 1.82) is 0 Å². The van der Waals surface area contributed by atoms with Crippen LogP contribution in [0, 0.1) is 5.41 Å². The first-order chi connectivity index (χ1) is 12.5. The molecular formula is C19H19N3O3S. The normalized spacial score (nSPS) is 22.0. The van der Waals surface area contributed by atoms with Crippen molar-refractivity contribution < 1.29 is 12.9 Å². The summed E-state index contributed by atoms with van der Waals surface area (Å²) in [5.41, 5.74) is 2.10. The lowest BCUT2D eigenvalue weighted by atomic mass is 10.0. The fourth-order valence-electron chi connectivity index (χ4n) is 3.61. The van der Waals surface area contributed by atoms with Gasteiger partial charge in [-0.05, 0) is 23.1 Å². The molecule has 3 atom stereocenters. The molecule has 0 amide bonds. The van der Waals surface area contributed by atoms with E-state index in [1.165, 1.54) is 0 Å². The van der Waals surface area contributed by atoms with Crippen LogP contribution in [0.5, 0.6) is 5.75 Å². The predicted molar refractivity (Wildman–Crippen MR) is 98.4 cm³/mol. The van der Waals surface area contributed by atoms with Gasteiger partial charge in [0.1, 0.15) is 5.75 Å². The second-order valence-electron chi connectivity index (χ2n) is 7.01. The highest BCUT2D eigenvalue weighted by Crippen LogP contribution is 2.69. The van der Waals surface area contributed by atoms with Gasteiger partial charge in [0, 0.05) is 11.5 Å². The predicted octanol–water partition coefficient (Wildman–Crippen LogP) is 3.56. The third-order valence-corrected chi connectivity index (χ3v) is 5.34. The average Bonchev–Trinajstić information content (AvgIpc) is 2.96. The fourth-order valence-corrected chi connectivity index (χ4v) is 3.91. The van der Waals surface area contributed by atoms with Crippen molar-refractivity contribution in [3.63, 3.8) is 0 Å². The van der Waals surface area contributed by atoms with Gasteiger partial charge in [0.25, 0.3) is 11.3 Å². The molecule has 1 fully saturated rings. The number of nitrogens with two attached hydrogens (primary N) is 1. The Bertz CT molecular complexity index is 938. The SMILES string of the molecule is CC1(C)C(c2ccc(OS(N)=O)cc2)C1c1nc(-c2ccccc2)no1. The molecule has 1 heterocycles. The Kier molecular flexibility index (Phi) is 4.13. The van der Waals surface area contributed by atoms with Gasteiger partial charge in [-0.25, -0.2) is 5.14 Å². The van der Waals surface area contributed by atoms with E-state index in [9.17, 15) is 4.21 Å². The summed E-state index contributed by atoms with van der Waals surface area (Å²) in [6.07, 6.45) is 0. The van der Waals surface area contributed by atoms with E-state index in [4.69, 9.17) is 13.8 Å². The van der Waals surface area contributed by atoms with E-state index in [1.807, 2.05) is 42.5 Å². The molecule has 2 N–H and O–H groups in total. The van der Waals surface area contributed by atoms with Gasteiger partial charge in [-0.15, -0.1) is 0 Å². The summed E-state index contributed by atoms with van der Waals surface area (Å²) in [5, 5.41) is 9.28. The van der Waals surface area contributed by atoms with E-state index < -0.39 is 11.3 Å². The Morgan fingerprint density at radius 2 is 1.77 bits per heavy atom. The third-order valence-electron chi connectivity index (χ3n) is 4.98. The average molecular weight is 369 g/mol. The van der Waals surface area contributed by atoms with Crippen LogP contribution in [0.1, 0.15) is 37.1 Å². The van der Waals surface area contributed by atoms with Gasteiger partial charge >= 0.3 is 0 Å². The van der Waals surface area contributed by atoms with Gasteiger partial charge in [-0.1, -0.05) is 61.5 Å². The van der Waals surface area contributed by atoms with Crippen LogP contribution in [-0.4, -0.2) is 14.3 Å². The first kappa shape index (κ1) is 16.9. The molecular weight excluding hydrogens is 350 g/mol.